The summed E-state index contributed by atoms with van der Waals surface area (Å²) in [5, 5.41) is 1.88. The zero-order valence-electron chi connectivity index (χ0n) is 9.21. The minimum absolute atomic E-state index is 0.0670. The molecule has 0 aliphatic heterocycles. The zero-order chi connectivity index (χ0) is 11.1. The highest BCUT2D eigenvalue weighted by Gasteiger charge is 2.18. The van der Waals surface area contributed by atoms with E-state index in [1.54, 1.807) is 0 Å². The summed E-state index contributed by atoms with van der Waals surface area (Å²) >= 11 is 6.10. The smallest absolute Gasteiger partial charge is 0.0740 e. The van der Waals surface area contributed by atoms with Gasteiger partial charge in [0.1, 0.15) is 0 Å². The van der Waals surface area contributed by atoms with Crippen molar-refractivity contribution in [3.63, 3.8) is 0 Å². The molecule has 1 nitrogen and oxygen atoms in total. The van der Waals surface area contributed by atoms with Crippen molar-refractivity contribution >= 4 is 22.5 Å². The molecule has 0 amide bonds. The van der Waals surface area contributed by atoms with E-state index in [9.17, 15) is 0 Å². The Balaban J connectivity index is 2.83. The van der Waals surface area contributed by atoms with Crippen LogP contribution in [0.1, 0.15) is 26.3 Å². The van der Waals surface area contributed by atoms with Crippen LogP contribution in [-0.4, -0.2) is 4.98 Å². The molecule has 0 bridgehead atoms. The first kappa shape index (κ1) is 10.4. The van der Waals surface area contributed by atoms with E-state index in [1.165, 1.54) is 5.56 Å². The molecule has 0 saturated carbocycles. The van der Waals surface area contributed by atoms with E-state index < -0.39 is 0 Å². The van der Waals surface area contributed by atoms with Crippen molar-refractivity contribution in [2.45, 2.75) is 26.2 Å². The van der Waals surface area contributed by atoms with Gasteiger partial charge in [-0.3, -0.25) is 4.98 Å². The van der Waals surface area contributed by atoms with E-state index in [2.05, 4.69) is 25.8 Å². The second kappa shape index (κ2) is 3.49. The lowest BCUT2D eigenvalue weighted by atomic mass is 9.85. The monoisotopic (exact) mass is 219 g/mol. The molecule has 2 aromatic rings. The predicted molar refractivity (Wildman–Crippen MR) is 65.5 cm³/mol. The third-order valence-corrected chi connectivity index (χ3v) is 2.70. The Bertz CT molecular complexity index is 497. The lowest BCUT2D eigenvalue weighted by Gasteiger charge is -2.20. The molecule has 2 rings (SSSR count). The Morgan fingerprint density at radius 1 is 1.20 bits per heavy atom. The first-order valence-corrected chi connectivity index (χ1v) is 5.41. The highest BCUT2D eigenvalue weighted by Crippen LogP contribution is 2.31. The minimum atomic E-state index is 0.0670. The molecule has 0 aliphatic carbocycles. The van der Waals surface area contributed by atoms with E-state index in [0.717, 1.165) is 15.9 Å². The Hall–Kier alpha value is -1.08. The van der Waals surface area contributed by atoms with Crippen molar-refractivity contribution in [1.82, 2.24) is 4.98 Å². The topological polar surface area (TPSA) is 12.9 Å². The number of fused-ring (bicyclic) bond motifs is 1. The first-order valence-electron chi connectivity index (χ1n) is 5.03. The molecule has 0 radical (unpaired) electrons. The van der Waals surface area contributed by atoms with Crippen LogP contribution in [0.3, 0.4) is 0 Å². The second-order valence-electron chi connectivity index (χ2n) is 4.78. The molecule has 1 aromatic heterocycles. The number of aromatic nitrogens is 1. The van der Waals surface area contributed by atoms with Gasteiger partial charge >= 0.3 is 0 Å². The van der Waals surface area contributed by atoms with Crippen LogP contribution >= 0.6 is 11.6 Å². The number of hydrogen-bond donors (Lipinski definition) is 0. The van der Waals surface area contributed by atoms with E-state index in [0.29, 0.717) is 0 Å². The van der Waals surface area contributed by atoms with Gasteiger partial charge in [0.05, 0.1) is 5.52 Å². The Kier molecular flexibility index (Phi) is 2.43. The summed E-state index contributed by atoms with van der Waals surface area (Å²) < 4.78 is 0. The highest BCUT2D eigenvalue weighted by molar-refractivity contribution is 6.31. The highest BCUT2D eigenvalue weighted by atomic mass is 35.5. The van der Waals surface area contributed by atoms with Crippen LogP contribution < -0.4 is 0 Å². The van der Waals surface area contributed by atoms with E-state index in [1.807, 2.05) is 30.5 Å². The van der Waals surface area contributed by atoms with Crippen LogP contribution in [0.25, 0.3) is 10.9 Å². The van der Waals surface area contributed by atoms with Crippen LogP contribution in [0.4, 0.5) is 0 Å². The van der Waals surface area contributed by atoms with Gasteiger partial charge in [0, 0.05) is 16.6 Å². The molecular formula is C13H14ClN. The van der Waals surface area contributed by atoms with Gasteiger partial charge in [-0.15, -0.1) is 0 Å². The van der Waals surface area contributed by atoms with Crippen LogP contribution in [0.5, 0.6) is 0 Å². The average Bonchev–Trinajstić information content (AvgIpc) is 2.15. The molecule has 0 aliphatic rings. The molecule has 15 heavy (non-hydrogen) atoms. The lowest BCUT2D eigenvalue weighted by molar-refractivity contribution is 0.594. The predicted octanol–water partition coefficient (Wildman–Crippen LogP) is 4.19. The van der Waals surface area contributed by atoms with Crippen LogP contribution in [0.15, 0.2) is 30.5 Å². The van der Waals surface area contributed by atoms with Crippen molar-refractivity contribution in [1.29, 1.82) is 0 Å². The molecule has 0 saturated heterocycles. The molecule has 1 aromatic carbocycles. The molecule has 2 heteroatoms. The largest absolute Gasteiger partial charge is 0.256 e. The fourth-order valence-corrected chi connectivity index (χ4v) is 1.95. The first-order chi connectivity index (χ1) is 6.98. The van der Waals surface area contributed by atoms with Gasteiger partial charge < -0.3 is 0 Å². The van der Waals surface area contributed by atoms with Gasteiger partial charge in [-0.25, -0.2) is 0 Å². The van der Waals surface area contributed by atoms with Crippen molar-refractivity contribution < 1.29 is 0 Å². The molecule has 0 atom stereocenters. The summed E-state index contributed by atoms with van der Waals surface area (Å²) in [6.07, 6.45) is 1.82. The summed E-state index contributed by atoms with van der Waals surface area (Å²) in [6, 6.07) is 7.95. The third kappa shape index (κ3) is 1.98. The molecule has 1 heterocycles. The van der Waals surface area contributed by atoms with Crippen molar-refractivity contribution in [2.75, 3.05) is 0 Å². The van der Waals surface area contributed by atoms with Crippen molar-refractivity contribution in [2.24, 2.45) is 0 Å². The summed E-state index contributed by atoms with van der Waals surface area (Å²) in [5.74, 6) is 0. The number of rotatable bonds is 0. The molecule has 0 spiro atoms. The second-order valence-corrected chi connectivity index (χ2v) is 5.21. The summed E-state index contributed by atoms with van der Waals surface area (Å²) in [7, 11) is 0. The van der Waals surface area contributed by atoms with Crippen molar-refractivity contribution in [3.8, 4) is 0 Å². The van der Waals surface area contributed by atoms with Gasteiger partial charge in [0.2, 0.25) is 0 Å². The maximum Gasteiger partial charge on any atom is 0.0740 e. The fourth-order valence-electron chi connectivity index (χ4n) is 1.73. The van der Waals surface area contributed by atoms with Crippen LogP contribution in [0, 0.1) is 0 Å². The minimum Gasteiger partial charge on any atom is -0.256 e. The molecule has 0 fully saturated rings. The normalized spacial score (nSPS) is 12.0. The number of pyridine rings is 1. The number of nitrogens with zero attached hydrogens (tertiary/aromatic N) is 1. The number of hydrogen-bond acceptors (Lipinski definition) is 1. The van der Waals surface area contributed by atoms with Gasteiger partial charge in [-0.05, 0) is 29.2 Å². The zero-order valence-corrected chi connectivity index (χ0v) is 9.97. The molecule has 0 N–H and O–H groups in total. The van der Waals surface area contributed by atoms with Crippen LogP contribution in [0.2, 0.25) is 5.02 Å². The van der Waals surface area contributed by atoms with Gasteiger partial charge in [-0.2, -0.15) is 0 Å². The average molecular weight is 220 g/mol. The summed E-state index contributed by atoms with van der Waals surface area (Å²) in [4.78, 5) is 4.43. The fraction of sp³-hybridized carbons (Fsp3) is 0.308. The van der Waals surface area contributed by atoms with Gasteiger partial charge in [0.15, 0.2) is 0 Å². The quantitative estimate of drug-likeness (QED) is 0.648. The van der Waals surface area contributed by atoms with Crippen LogP contribution in [-0.2, 0) is 5.41 Å². The van der Waals surface area contributed by atoms with E-state index in [-0.39, 0.29) is 5.41 Å². The number of benzene rings is 1. The maximum atomic E-state index is 6.10. The van der Waals surface area contributed by atoms with E-state index in [4.69, 9.17) is 11.6 Å². The molecule has 78 valence electrons. The lowest BCUT2D eigenvalue weighted by Crippen LogP contribution is -2.12. The maximum absolute atomic E-state index is 6.10. The Morgan fingerprint density at radius 3 is 2.60 bits per heavy atom. The van der Waals surface area contributed by atoms with E-state index >= 15 is 0 Å². The SMILES string of the molecule is CC(C)(C)c1cc(Cl)cc2cccnc12. The van der Waals surface area contributed by atoms with Crippen molar-refractivity contribution in [3.05, 3.63) is 41.0 Å². The summed E-state index contributed by atoms with van der Waals surface area (Å²) in [6.45, 7) is 6.52. The summed E-state index contributed by atoms with van der Waals surface area (Å²) in [5.41, 5.74) is 2.32. The Morgan fingerprint density at radius 2 is 1.93 bits per heavy atom. The van der Waals surface area contributed by atoms with Gasteiger partial charge in [0.25, 0.3) is 0 Å². The standard InChI is InChI=1S/C13H14ClN/c1-13(2,3)11-8-10(14)7-9-5-4-6-15-12(9)11/h4-8H,1-3H3. The molecule has 0 unspecified atom stereocenters. The van der Waals surface area contributed by atoms with Gasteiger partial charge in [-0.1, -0.05) is 38.4 Å². The third-order valence-electron chi connectivity index (χ3n) is 2.48. The number of halogens is 1. The Labute approximate surface area is 95.1 Å². The molecular weight excluding hydrogens is 206 g/mol.